The molecule has 1 N–H and O–H groups in total. The second kappa shape index (κ2) is 6.26. The number of hydrogen-bond acceptors (Lipinski definition) is 3. The van der Waals surface area contributed by atoms with Crippen molar-refractivity contribution in [1.29, 1.82) is 0 Å². The molecule has 0 saturated heterocycles. The Morgan fingerprint density at radius 2 is 1.90 bits per heavy atom. The second-order valence-corrected chi connectivity index (χ2v) is 6.07. The minimum absolute atomic E-state index is 0.535. The summed E-state index contributed by atoms with van der Waals surface area (Å²) in [6.07, 6.45) is 0.0240. The Bertz CT molecular complexity index is 660. The van der Waals surface area contributed by atoms with Crippen molar-refractivity contribution >= 4 is 27.5 Å². The number of fused-ring (bicyclic) bond motifs is 1. The van der Waals surface area contributed by atoms with Crippen LogP contribution >= 0.6 is 27.5 Å². The number of benzene rings is 2. The predicted molar refractivity (Wildman–Crippen MR) is 85.3 cm³/mol. The highest BCUT2D eigenvalue weighted by atomic mass is 79.9. The van der Waals surface area contributed by atoms with Crippen LogP contribution in [0.1, 0.15) is 23.7 Å². The van der Waals surface area contributed by atoms with E-state index in [1.807, 2.05) is 24.3 Å². The van der Waals surface area contributed by atoms with Gasteiger partial charge in [0, 0.05) is 17.0 Å². The third-order valence-corrected chi connectivity index (χ3v) is 4.27. The number of halogens is 2. The zero-order valence-corrected chi connectivity index (χ0v) is 13.5. The van der Waals surface area contributed by atoms with E-state index >= 15 is 0 Å². The van der Waals surface area contributed by atoms with Crippen LogP contribution in [0.25, 0.3) is 0 Å². The lowest BCUT2D eigenvalue weighted by molar-refractivity contribution is 0.219. The van der Waals surface area contributed by atoms with Crippen LogP contribution in [0.3, 0.4) is 0 Å². The second-order valence-electron chi connectivity index (χ2n) is 4.80. The zero-order chi connectivity index (χ0) is 14.8. The third-order valence-electron chi connectivity index (χ3n) is 3.34. The molecule has 0 bridgehead atoms. The topological polar surface area (TPSA) is 38.7 Å². The van der Waals surface area contributed by atoms with Crippen molar-refractivity contribution in [3.05, 3.63) is 57.0 Å². The first-order valence-corrected chi connectivity index (χ1v) is 7.85. The van der Waals surface area contributed by atoms with Crippen molar-refractivity contribution in [2.45, 2.75) is 12.5 Å². The SMILES string of the molecule is OC(c1cc(Br)c2c(c1)OCCCO2)c1ccccc1Cl. The van der Waals surface area contributed by atoms with Gasteiger partial charge < -0.3 is 14.6 Å². The molecule has 1 aliphatic rings. The lowest BCUT2D eigenvalue weighted by atomic mass is 10.0. The third kappa shape index (κ3) is 3.03. The number of aliphatic hydroxyl groups excluding tert-OH is 1. The maximum atomic E-state index is 10.6. The molecule has 5 heteroatoms. The maximum Gasteiger partial charge on any atom is 0.175 e. The first-order valence-electron chi connectivity index (χ1n) is 6.68. The van der Waals surface area contributed by atoms with E-state index in [9.17, 15) is 5.11 Å². The van der Waals surface area contributed by atoms with Gasteiger partial charge in [0.2, 0.25) is 0 Å². The predicted octanol–water partition coefficient (Wildman–Crippen LogP) is 4.35. The van der Waals surface area contributed by atoms with E-state index in [0.717, 1.165) is 10.9 Å². The van der Waals surface area contributed by atoms with E-state index in [4.69, 9.17) is 21.1 Å². The van der Waals surface area contributed by atoms with Crippen molar-refractivity contribution in [2.24, 2.45) is 0 Å². The Balaban J connectivity index is 2.01. The molecule has 0 saturated carbocycles. The molecular weight excluding hydrogens is 356 g/mol. The van der Waals surface area contributed by atoms with Crippen molar-refractivity contribution < 1.29 is 14.6 Å². The highest BCUT2D eigenvalue weighted by Gasteiger charge is 2.20. The first kappa shape index (κ1) is 14.7. The fourth-order valence-electron chi connectivity index (χ4n) is 2.29. The average molecular weight is 370 g/mol. The van der Waals surface area contributed by atoms with Crippen LogP contribution in [0.15, 0.2) is 40.9 Å². The van der Waals surface area contributed by atoms with Crippen molar-refractivity contribution in [3.63, 3.8) is 0 Å². The van der Waals surface area contributed by atoms with Gasteiger partial charge in [-0.3, -0.25) is 0 Å². The molecule has 1 aliphatic heterocycles. The molecule has 1 atom stereocenters. The van der Waals surface area contributed by atoms with Gasteiger partial charge in [0.15, 0.2) is 11.5 Å². The summed E-state index contributed by atoms with van der Waals surface area (Å²) in [6.45, 7) is 1.23. The smallest absolute Gasteiger partial charge is 0.175 e. The average Bonchev–Trinajstić information content (AvgIpc) is 2.72. The van der Waals surface area contributed by atoms with E-state index in [-0.39, 0.29) is 0 Å². The van der Waals surface area contributed by atoms with Gasteiger partial charge in [0.25, 0.3) is 0 Å². The van der Waals surface area contributed by atoms with Crippen molar-refractivity contribution in [1.82, 2.24) is 0 Å². The summed E-state index contributed by atoms with van der Waals surface area (Å²) in [4.78, 5) is 0. The minimum Gasteiger partial charge on any atom is -0.490 e. The van der Waals surface area contributed by atoms with Crippen LogP contribution in [0.5, 0.6) is 11.5 Å². The van der Waals surface area contributed by atoms with Crippen LogP contribution < -0.4 is 9.47 Å². The van der Waals surface area contributed by atoms with E-state index in [1.54, 1.807) is 12.1 Å². The molecule has 0 spiro atoms. The Kier molecular flexibility index (Phi) is 4.38. The summed E-state index contributed by atoms with van der Waals surface area (Å²) in [5, 5.41) is 11.1. The van der Waals surface area contributed by atoms with Gasteiger partial charge in [-0.05, 0) is 39.7 Å². The summed E-state index contributed by atoms with van der Waals surface area (Å²) < 4.78 is 12.1. The largest absolute Gasteiger partial charge is 0.490 e. The number of rotatable bonds is 2. The molecule has 21 heavy (non-hydrogen) atoms. The quantitative estimate of drug-likeness (QED) is 0.855. The molecule has 0 aliphatic carbocycles. The lowest BCUT2D eigenvalue weighted by Crippen LogP contribution is -2.02. The Morgan fingerprint density at radius 3 is 2.71 bits per heavy atom. The molecule has 2 aromatic carbocycles. The standard InChI is InChI=1S/C16H14BrClO3/c17-12-8-10(9-14-16(12)21-7-3-6-20-14)15(19)11-4-1-2-5-13(11)18/h1-2,4-5,8-9,15,19H,3,6-7H2. The fraction of sp³-hybridized carbons (Fsp3) is 0.250. The molecule has 0 amide bonds. The molecule has 110 valence electrons. The molecule has 3 rings (SSSR count). The monoisotopic (exact) mass is 368 g/mol. The Labute approximate surface area is 136 Å². The van der Waals surface area contributed by atoms with E-state index in [2.05, 4.69) is 15.9 Å². The summed E-state index contributed by atoms with van der Waals surface area (Å²) in [5.74, 6) is 1.32. The Morgan fingerprint density at radius 1 is 1.14 bits per heavy atom. The van der Waals surface area contributed by atoms with Gasteiger partial charge in [-0.15, -0.1) is 0 Å². The summed E-state index contributed by atoms with van der Waals surface area (Å²) in [6, 6.07) is 10.9. The van der Waals surface area contributed by atoms with E-state index in [1.165, 1.54) is 0 Å². The van der Waals surface area contributed by atoms with Crippen molar-refractivity contribution in [2.75, 3.05) is 13.2 Å². The van der Waals surface area contributed by atoms with Crippen LogP contribution in [-0.4, -0.2) is 18.3 Å². The normalized spacial score (nSPS) is 15.4. The molecule has 2 aromatic rings. The van der Waals surface area contributed by atoms with Crippen LogP contribution in [0.4, 0.5) is 0 Å². The maximum absolute atomic E-state index is 10.6. The molecule has 0 aromatic heterocycles. The first-order chi connectivity index (χ1) is 10.2. The molecule has 0 radical (unpaired) electrons. The molecule has 3 nitrogen and oxygen atoms in total. The van der Waals surface area contributed by atoms with E-state index < -0.39 is 6.10 Å². The van der Waals surface area contributed by atoms with Gasteiger partial charge in [-0.1, -0.05) is 29.8 Å². The highest BCUT2D eigenvalue weighted by Crippen LogP contribution is 2.41. The fourth-order valence-corrected chi connectivity index (χ4v) is 3.10. The van der Waals surface area contributed by atoms with Crippen LogP contribution in [0.2, 0.25) is 5.02 Å². The summed E-state index contributed by atoms with van der Waals surface area (Å²) in [7, 11) is 0. The van der Waals surface area contributed by atoms with Gasteiger partial charge in [-0.25, -0.2) is 0 Å². The summed E-state index contributed by atoms with van der Waals surface area (Å²) >= 11 is 9.63. The van der Waals surface area contributed by atoms with Gasteiger partial charge >= 0.3 is 0 Å². The number of aliphatic hydroxyl groups is 1. The molecule has 1 unspecified atom stereocenters. The van der Waals surface area contributed by atoms with Gasteiger partial charge in [-0.2, -0.15) is 0 Å². The molecular formula is C16H14BrClO3. The number of ether oxygens (including phenoxy) is 2. The zero-order valence-electron chi connectivity index (χ0n) is 11.2. The van der Waals surface area contributed by atoms with Gasteiger partial charge in [0.05, 0.1) is 17.7 Å². The van der Waals surface area contributed by atoms with Gasteiger partial charge in [0.1, 0.15) is 6.10 Å². The van der Waals surface area contributed by atoms with E-state index in [0.29, 0.717) is 40.9 Å². The lowest BCUT2D eigenvalue weighted by Gasteiger charge is -2.16. The summed E-state index contributed by atoms with van der Waals surface area (Å²) in [5.41, 5.74) is 1.37. The molecule has 1 heterocycles. The number of hydrogen-bond donors (Lipinski definition) is 1. The Hall–Kier alpha value is -1.23. The van der Waals surface area contributed by atoms with Crippen molar-refractivity contribution in [3.8, 4) is 11.5 Å². The van der Waals surface area contributed by atoms with Crippen LogP contribution in [-0.2, 0) is 0 Å². The minimum atomic E-state index is -0.813. The van der Waals surface area contributed by atoms with Crippen LogP contribution in [0, 0.1) is 0 Å². The molecule has 0 fully saturated rings. The highest BCUT2D eigenvalue weighted by molar-refractivity contribution is 9.10.